The minimum absolute atomic E-state index is 0.000619. The summed E-state index contributed by atoms with van der Waals surface area (Å²) in [5, 5.41) is 8.05. The number of nitrogens with one attached hydrogen (secondary N) is 1. The van der Waals surface area contributed by atoms with Crippen LogP contribution in [0, 0.1) is 5.82 Å². The van der Waals surface area contributed by atoms with Crippen LogP contribution < -0.4 is 10.2 Å². The molecule has 2 aromatic carbocycles. The van der Waals surface area contributed by atoms with E-state index in [1.54, 1.807) is 18.2 Å². The highest BCUT2D eigenvalue weighted by Gasteiger charge is 2.37. The Morgan fingerprint density at radius 3 is 2.52 bits per heavy atom. The van der Waals surface area contributed by atoms with Crippen molar-refractivity contribution in [2.75, 3.05) is 4.90 Å². The lowest BCUT2D eigenvalue weighted by molar-refractivity contribution is -0.123. The fraction of sp³-hybridized carbons (Fsp3) is 0.0909. The van der Waals surface area contributed by atoms with E-state index >= 15 is 0 Å². The predicted molar refractivity (Wildman–Crippen MR) is 113 cm³/mol. The molecule has 0 saturated heterocycles. The van der Waals surface area contributed by atoms with Crippen LogP contribution in [0.3, 0.4) is 0 Å². The van der Waals surface area contributed by atoms with Gasteiger partial charge in [0.1, 0.15) is 11.6 Å². The topological polar surface area (TPSA) is 88.3 Å². The molecule has 0 aliphatic rings. The molecule has 0 unspecified atom stereocenters. The third kappa shape index (κ3) is 4.51. The Kier molecular flexibility index (Phi) is 6.13. The first-order chi connectivity index (χ1) is 15.1. The highest BCUT2D eigenvalue weighted by molar-refractivity contribution is 7.03. The van der Waals surface area contributed by atoms with E-state index in [4.69, 9.17) is 4.42 Å². The Morgan fingerprint density at radius 1 is 1.06 bits per heavy atom. The number of amides is 2. The maximum atomic E-state index is 14.8. The quantitative estimate of drug-likeness (QED) is 0.474. The zero-order valence-electron chi connectivity index (χ0n) is 16.1. The number of anilines is 1. The number of hydrogen-bond donors (Lipinski definition) is 1. The van der Waals surface area contributed by atoms with E-state index in [-0.39, 0.29) is 23.7 Å². The van der Waals surface area contributed by atoms with Crippen LogP contribution >= 0.6 is 11.5 Å². The molecule has 2 heterocycles. The number of furan rings is 1. The molecule has 2 aromatic heterocycles. The SMILES string of the molecule is O=C(NCc1ccccc1)[C@@H](c1ccco1)N(C(=O)c1csnn1)c1ccccc1F. The van der Waals surface area contributed by atoms with Crippen molar-refractivity contribution < 1.29 is 18.4 Å². The molecule has 0 aliphatic carbocycles. The van der Waals surface area contributed by atoms with Crippen molar-refractivity contribution in [2.45, 2.75) is 12.6 Å². The highest BCUT2D eigenvalue weighted by atomic mass is 32.1. The van der Waals surface area contributed by atoms with Crippen molar-refractivity contribution in [2.24, 2.45) is 0 Å². The van der Waals surface area contributed by atoms with Crippen LogP contribution in [0.2, 0.25) is 0 Å². The summed E-state index contributed by atoms with van der Waals surface area (Å²) < 4.78 is 23.9. The molecule has 0 saturated carbocycles. The first-order valence-corrected chi connectivity index (χ1v) is 10.2. The third-order valence-corrected chi connectivity index (χ3v) is 5.04. The summed E-state index contributed by atoms with van der Waals surface area (Å²) in [5.41, 5.74) is 0.805. The molecule has 0 aliphatic heterocycles. The van der Waals surface area contributed by atoms with Crippen LogP contribution in [0.25, 0.3) is 0 Å². The maximum absolute atomic E-state index is 14.8. The van der Waals surface area contributed by atoms with Crippen LogP contribution in [0.1, 0.15) is 27.9 Å². The molecule has 7 nitrogen and oxygen atoms in total. The van der Waals surface area contributed by atoms with Gasteiger partial charge < -0.3 is 9.73 Å². The van der Waals surface area contributed by atoms with Crippen molar-refractivity contribution in [3.63, 3.8) is 0 Å². The third-order valence-electron chi connectivity index (χ3n) is 4.54. The van der Waals surface area contributed by atoms with Gasteiger partial charge in [-0.3, -0.25) is 14.5 Å². The molecule has 1 atom stereocenters. The summed E-state index contributed by atoms with van der Waals surface area (Å²) in [6, 6.07) is 16.9. The van der Waals surface area contributed by atoms with Crippen LogP contribution in [-0.4, -0.2) is 21.4 Å². The van der Waals surface area contributed by atoms with Gasteiger partial charge in [-0.05, 0) is 41.4 Å². The molecular formula is C22H17FN4O3S. The monoisotopic (exact) mass is 436 g/mol. The van der Waals surface area contributed by atoms with E-state index in [2.05, 4.69) is 14.9 Å². The van der Waals surface area contributed by atoms with Crippen LogP contribution in [-0.2, 0) is 11.3 Å². The number of rotatable bonds is 7. The van der Waals surface area contributed by atoms with Gasteiger partial charge in [-0.15, -0.1) is 5.10 Å². The van der Waals surface area contributed by atoms with Gasteiger partial charge in [0.25, 0.3) is 11.8 Å². The van der Waals surface area contributed by atoms with Crippen molar-refractivity contribution in [3.8, 4) is 0 Å². The highest BCUT2D eigenvalue weighted by Crippen LogP contribution is 2.31. The zero-order chi connectivity index (χ0) is 21.6. The fourth-order valence-electron chi connectivity index (χ4n) is 3.10. The van der Waals surface area contributed by atoms with Gasteiger partial charge in [0, 0.05) is 11.9 Å². The van der Waals surface area contributed by atoms with E-state index in [0.717, 1.165) is 22.0 Å². The summed E-state index contributed by atoms with van der Waals surface area (Å²) >= 11 is 0.983. The molecule has 156 valence electrons. The Balaban J connectivity index is 1.74. The van der Waals surface area contributed by atoms with Crippen LogP contribution in [0.15, 0.2) is 82.8 Å². The normalized spacial score (nSPS) is 11.6. The van der Waals surface area contributed by atoms with Crippen molar-refractivity contribution in [1.29, 1.82) is 0 Å². The Morgan fingerprint density at radius 2 is 1.84 bits per heavy atom. The van der Waals surface area contributed by atoms with Gasteiger partial charge in [-0.1, -0.05) is 47.0 Å². The molecule has 0 fully saturated rings. The molecule has 2 amide bonds. The summed E-state index contributed by atoms with van der Waals surface area (Å²) in [7, 11) is 0. The smallest absolute Gasteiger partial charge is 0.280 e. The predicted octanol–water partition coefficient (Wildman–Crippen LogP) is 3.97. The first kappa shape index (κ1) is 20.4. The van der Waals surface area contributed by atoms with Crippen LogP contribution in [0.5, 0.6) is 0 Å². The van der Waals surface area contributed by atoms with E-state index in [0.29, 0.717) is 0 Å². The number of para-hydroxylation sites is 1. The fourth-order valence-corrected chi connectivity index (χ4v) is 3.53. The molecule has 31 heavy (non-hydrogen) atoms. The Bertz CT molecular complexity index is 1150. The standard InChI is InChI=1S/C22H17FN4O3S/c23-16-9-4-5-10-18(16)27(22(29)17-14-31-26-25-17)20(19-11-6-12-30-19)21(28)24-13-15-7-2-1-3-8-15/h1-12,14,20H,13H2,(H,24,28)/t20-/m1/s1. The van der Waals surface area contributed by atoms with Crippen molar-refractivity contribution in [3.05, 3.63) is 101 Å². The van der Waals surface area contributed by atoms with Crippen molar-refractivity contribution >= 4 is 29.0 Å². The number of carbonyl (C=O) groups excluding carboxylic acids is 2. The Hall–Kier alpha value is -3.85. The van der Waals surface area contributed by atoms with Gasteiger partial charge in [-0.25, -0.2) is 4.39 Å². The van der Waals surface area contributed by atoms with Gasteiger partial charge >= 0.3 is 0 Å². The van der Waals surface area contributed by atoms with Crippen molar-refractivity contribution in [1.82, 2.24) is 14.9 Å². The molecule has 0 spiro atoms. The average Bonchev–Trinajstić information content (AvgIpc) is 3.51. The molecule has 0 radical (unpaired) electrons. The number of carbonyl (C=O) groups is 2. The minimum Gasteiger partial charge on any atom is -0.467 e. The van der Waals surface area contributed by atoms with E-state index in [9.17, 15) is 14.0 Å². The second kappa shape index (κ2) is 9.31. The molecule has 0 bridgehead atoms. The van der Waals surface area contributed by atoms with E-state index in [1.165, 1.54) is 29.8 Å². The number of benzene rings is 2. The molecule has 4 rings (SSSR count). The maximum Gasteiger partial charge on any atom is 0.280 e. The Labute approximate surface area is 181 Å². The van der Waals surface area contributed by atoms with Crippen LogP contribution in [0.4, 0.5) is 10.1 Å². The summed E-state index contributed by atoms with van der Waals surface area (Å²) in [6.07, 6.45) is 1.39. The first-order valence-electron chi connectivity index (χ1n) is 9.35. The summed E-state index contributed by atoms with van der Waals surface area (Å²) in [5.74, 6) is -1.68. The molecule has 4 aromatic rings. The van der Waals surface area contributed by atoms with Gasteiger partial charge in [0.2, 0.25) is 0 Å². The largest absolute Gasteiger partial charge is 0.467 e. The molecule has 1 N–H and O–H groups in total. The lowest BCUT2D eigenvalue weighted by Crippen LogP contribution is -2.44. The number of aromatic nitrogens is 2. The van der Waals surface area contributed by atoms with E-state index in [1.807, 2.05) is 30.3 Å². The average molecular weight is 436 g/mol. The zero-order valence-corrected chi connectivity index (χ0v) is 17.0. The number of nitrogens with zero attached hydrogens (tertiary/aromatic N) is 3. The summed E-state index contributed by atoms with van der Waals surface area (Å²) in [4.78, 5) is 27.7. The number of hydrogen-bond acceptors (Lipinski definition) is 6. The second-order valence-electron chi connectivity index (χ2n) is 6.54. The lowest BCUT2D eigenvalue weighted by atomic mass is 10.1. The minimum atomic E-state index is -1.26. The molecular weight excluding hydrogens is 419 g/mol. The van der Waals surface area contributed by atoms with E-state index < -0.39 is 23.7 Å². The number of halogens is 1. The van der Waals surface area contributed by atoms with Gasteiger partial charge in [0.15, 0.2) is 11.7 Å². The molecule has 9 heteroatoms. The lowest BCUT2D eigenvalue weighted by Gasteiger charge is -2.29. The second-order valence-corrected chi connectivity index (χ2v) is 7.15. The summed E-state index contributed by atoms with van der Waals surface area (Å²) in [6.45, 7) is 0.231. The van der Waals surface area contributed by atoms with Gasteiger partial charge in [0.05, 0.1) is 12.0 Å². The van der Waals surface area contributed by atoms with Gasteiger partial charge in [-0.2, -0.15) is 0 Å².